The van der Waals surface area contributed by atoms with E-state index in [0.29, 0.717) is 22.2 Å². The minimum Gasteiger partial charge on any atom is -0.406 e. The molecule has 1 aliphatic carbocycles. The Hall–Kier alpha value is -3.10. The fourth-order valence-corrected chi connectivity index (χ4v) is 4.02. The van der Waals surface area contributed by atoms with Gasteiger partial charge in [0.25, 0.3) is 5.91 Å². The third kappa shape index (κ3) is 5.20. The number of pyridine rings is 1. The number of alkyl halides is 3. The van der Waals surface area contributed by atoms with Gasteiger partial charge >= 0.3 is 6.36 Å². The number of piperidine rings is 1. The molecule has 6 nitrogen and oxygen atoms in total. The first-order chi connectivity index (χ1) is 15.1. The van der Waals surface area contributed by atoms with E-state index in [1.54, 1.807) is 19.1 Å². The Balaban J connectivity index is 1.33. The van der Waals surface area contributed by atoms with Crippen molar-refractivity contribution >= 4 is 11.8 Å². The molecule has 2 aliphatic rings. The lowest BCUT2D eigenvalue weighted by atomic mass is 9.93. The molecule has 4 rings (SSSR count). The number of hydrogen-bond donors (Lipinski definition) is 1. The van der Waals surface area contributed by atoms with Gasteiger partial charge in [0.05, 0.1) is 11.3 Å². The maximum Gasteiger partial charge on any atom is 0.573 e. The van der Waals surface area contributed by atoms with Crippen molar-refractivity contribution in [1.82, 2.24) is 15.2 Å². The van der Waals surface area contributed by atoms with Crippen molar-refractivity contribution in [3.63, 3.8) is 0 Å². The smallest absolute Gasteiger partial charge is 0.406 e. The van der Waals surface area contributed by atoms with Gasteiger partial charge in [0, 0.05) is 24.8 Å². The van der Waals surface area contributed by atoms with Gasteiger partial charge in [-0.25, -0.2) is 0 Å². The quantitative estimate of drug-likeness (QED) is 0.747. The number of aromatic nitrogens is 1. The van der Waals surface area contributed by atoms with Crippen LogP contribution in [0.4, 0.5) is 13.2 Å². The number of ether oxygens (including phenoxy) is 1. The molecule has 1 spiro atoms. The second-order valence-electron chi connectivity index (χ2n) is 8.52. The summed E-state index contributed by atoms with van der Waals surface area (Å²) in [5.74, 6) is -0.814. The van der Waals surface area contributed by atoms with E-state index in [9.17, 15) is 22.8 Å². The van der Waals surface area contributed by atoms with Crippen LogP contribution < -0.4 is 10.1 Å². The molecule has 0 unspecified atom stereocenters. The average molecular weight is 447 g/mol. The number of rotatable bonds is 5. The molecule has 2 aromatic rings. The van der Waals surface area contributed by atoms with E-state index in [1.165, 1.54) is 43.3 Å². The van der Waals surface area contributed by atoms with Crippen molar-refractivity contribution < 1.29 is 27.5 Å². The summed E-state index contributed by atoms with van der Waals surface area (Å²) >= 11 is 0. The fourth-order valence-electron chi connectivity index (χ4n) is 4.02. The van der Waals surface area contributed by atoms with E-state index in [4.69, 9.17) is 0 Å². The van der Waals surface area contributed by atoms with Crippen molar-refractivity contribution in [2.75, 3.05) is 13.1 Å². The number of nitrogens with zero attached hydrogens (tertiary/aromatic N) is 2. The van der Waals surface area contributed by atoms with Gasteiger partial charge in [0.15, 0.2) is 0 Å². The van der Waals surface area contributed by atoms with Crippen LogP contribution in [0.3, 0.4) is 0 Å². The predicted octanol–water partition coefficient (Wildman–Crippen LogP) is 4.17. The van der Waals surface area contributed by atoms with E-state index in [0.717, 1.165) is 25.9 Å². The van der Waals surface area contributed by atoms with Crippen molar-refractivity contribution in [2.24, 2.45) is 5.41 Å². The van der Waals surface area contributed by atoms with Crippen molar-refractivity contribution in [3.05, 3.63) is 48.2 Å². The Bertz CT molecular complexity index is 976. The van der Waals surface area contributed by atoms with Gasteiger partial charge in [-0.2, -0.15) is 0 Å². The molecule has 32 heavy (non-hydrogen) atoms. The number of likely N-dealkylation sites (tertiary alicyclic amines) is 1. The maximum absolute atomic E-state index is 12.7. The summed E-state index contributed by atoms with van der Waals surface area (Å²) < 4.78 is 40.7. The molecule has 1 aromatic carbocycles. The van der Waals surface area contributed by atoms with Crippen LogP contribution in [-0.2, 0) is 4.79 Å². The highest BCUT2D eigenvalue weighted by molar-refractivity contribution is 5.97. The average Bonchev–Trinajstić information content (AvgIpc) is 3.52. The van der Waals surface area contributed by atoms with Crippen LogP contribution in [0.1, 0.15) is 43.0 Å². The second-order valence-corrected chi connectivity index (χ2v) is 8.52. The zero-order valence-electron chi connectivity index (χ0n) is 17.6. The standard InChI is InChI=1S/C23H24F3N3O3/c1-15(21(31)29-12-10-22(8-9-22)11-13-29)28-20(30)17-4-7-19(27-14-17)16-2-5-18(6-3-16)32-23(24,25)26/h2-7,14-15H,8-13H2,1H3,(H,28,30)/t15-/m1/s1. The highest BCUT2D eigenvalue weighted by Crippen LogP contribution is 2.53. The summed E-state index contributed by atoms with van der Waals surface area (Å²) in [6.45, 7) is 3.15. The van der Waals surface area contributed by atoms with Gasteiger partial charge in [-0.15, -0.1) is 13.2 Å². The van der Waals surface area contributed by atoms with Gasteiger partial charge in [0.2, 0.25) is 5.91 Å². The lowest BCUT2D eigenvalue weighted by molar-refractivity contribution is -0.274. The van der Waals surface area contributed by atoms with Gasteiger partial charge in [0.1, 0.15) is 11.8 Å². The molecule has 1 aromatic heterocycles. The monoisotopic (exact) mass is 447 g/mol. The van der Waals surface area contributed by atoms with E-state index in [2.05, 4.69) is 15.0 Å². The lowest BCUT2D eigenvalue weighted by Gasteiger charge is -2.33. The van der Waals surface area contributed by atoms with Crippen LogP contribution in [0.25, 0.3) is 11.3 Å². The van der Waals surface area contributed by atoms with Crippen LogP contribution in [-0.4, -0.2) is 47.2 Å². The number of amides is 2. The van der Waals surface area contributed by atoms with E-state index in [1.807, 2.05) is 4.90 Å². The largest absolute Gasteiger partial charge is 0.573 e. The molecule has 0 radical (unpaired) electrons. The molecule has 2 heterocycles. The second kappa shape index (κ2) is 8.44. The number of benzene rings is 1. The number of carbonyl (C=O) groups excluding carboxylic acids is 2. The zero-order chi connectivity index (χ0) is 22.9. The minimum atomic E-state index is -4.75. The summed E-state index contributed by atoms with van der Waals surface area (Å²) in [5.41, 5.74) is 1.84. The first-order valence-corrected chi connectivity index (χ1v) is 10.6. The van der Waals surface area contributed by atoms with E-state index < -0.39 is 18.3 Å². The molecule has 170 valence electrons. The normalized spacial score (nSPS) is 18.2. The highest BCUT2D eigenvalue weighted by Gasteiger charge is 2.45. The lowest BCUT2D eigenvalue weighted by Crippen LogP contribution is -2.49. The summed E-state index contributed by atoms with van der Waals surface area (Å²) in [6.07, 6.45) is 1.22. The summed E-state index contributed by atoms with van der Waals surface area (Å²) in [7, 11) is 0. The minimum absolute atomic E-state index is 0.0837. The first kappa shape index (κ1) is 22.1. The third-order valence-electron chi connectivity index (χ3n) is 6.22. The molecule has 2 amide bonds. The SMILES string of the molecule is C[C@@H](NC(=O)c1ccc(-c2ccc(OC(F)(F)F)cc2)nc1)C(=O)N1CCC2(CC1)CC2. The van der Waals surface area contributed by atoms with Gasteiger partial charge in [-0.1, -0.05) is 0 Å². The highest BCUT2D eigenvalue weighted by atomic mass is 19.4. The van der Waals surface area contributed by atoms with E-state index in [-0.39, 0.29) is 11.7 Å². The molecular formula is C23H24F3N3O3. The molecule has 0 bridgehead atoms. The predicted molar refractivity (Wildman–Crippen MR) is 111 cm³/mol. The van der Waals surface area contributed by atoms with Crippen LogP contribution in [0.2, 0.25) is 0 Å². The number of nitrogens with one attached hydrogen (secondary N) is 1. The Kier molecular flexibility index (Phi) is 5.83. The van der Waals surface area contributed by atoms with Crippen molar-refractivity contribution in [2.45, 2.75) is 45.0 Å². The molecule has 1 saturated carbocycles. The van der Waals surface area contributed by atoms with Crippen LogP contribution >= 0.6 is 0 Å². The maximum atomic E-state index is 12.7. The molecule has 2 fully saturated rings. The van der Waals surface area contributed by atoms with Crippen molar-refractivity contribution in [3.8, 4) is 17.0 Å². The van der Waals surface area contributed by atoms with Crippen LogP contribution in [0.15, 0.2) is 42.6 Å². The van der Waals surface area contributed by atoms with Crippen molar-refractivity contribution in [1.29, 1.82) is 0 Å². The number of carbonyl (C=O) groups is 2. The van der Waals surface area contributed by atoms with E-state index >= 15 is 0 Å². The molecule has 9 heteroatoms. The number of halogens is 3. The number of hydrogen-bond acceptors (Lipinski definition) is 4. The molecule has 1 N–H and O–H groups in total. The van der Waals surface area contributed by atoms with Crippen LogP contribution in [0.5, 0.6) is 5.75 Å². The summed E-state index contributed by atoms with van der Waals surface area (Å²) in [5, 5.41) is 2.72. The summed E-state index contributed by atoms with van der Waals surface area (Å²) in [6, 6.07) is 7.82. The van der Waals surface area contributed by atoms with Crippen LogP contribution in [0, 0.1) is 5.41 Å². The molecule has 1 atom stereocenters. The van der Waals surface area contributed by atoms with Gasteiger partial charge < -0.3 is 15.0 Å². The zero-order valence-corrected chi connectivity index (χ0v) is 17.6. The molecule has 1 aliphatic heterocycles. The Morgan fingerprint density at radius 3 is 2.25 bits per heavy atom. The molecule has 1 saturated heterocycles. The third-order valence-corrected chi connectivity index (χ3v) is 6.22. The topological polar surface area (TPSA) is 71.5 Å². The van der Waals surface area contributed by atoms with Gasteiger partial charge in [-0.05, 0) is 74.4 Å². The Morgan fingerprint density at radius 2 is 1.72 bits per heavy atom. The Labute approximate surface area is 183 Å². The first-order valence-electron chi connectivity index (χ1n) is 10.6. The fraction of sp³-hybridized carbons (Fsp3) is 0.435. The summed E-state index contributed by atoms with van der Waals surface area (Å²) in [4.78, 5) is 31.2. The Morgan fingerprint density at radius 1 is 1.06 bits per heavy atom. The van der Waals surface area contributed by atoms with Gasteiger partial charge in [-0.3, -0.25) is 14.6 Å². The molecular weight excluding hydrogens is 423 g/mol.